The fourth-order valence-electron chi connectivity index (χ4n) is 2.99. The van der Waals surface area contributed by atoms with Crippen LogP contribution in [-0.4, -0.2) is 42.7 Å². The highest BCUT2D eigenvalue weighted by atomic mass is 16.5. The van der Waals surface area contributed by atoms with Crippen molar-refractivity contribution in [1.29, 1.82) is 0 Å². The molecule has 138 valence electrons. The van der Waals surface area contributed by atoms with Crippen LogP contribution in [0.15, 0.2) is 30.5 Å². The first kappa shape index (κ1) is 19.5. The molecule has 0 unspecified atom stereocenters. The van der Waals surface area contributed by atoms with Crippen LogP contribution in [0.4, 0.5) is 5.69 Å². The lowest BCUT2D eigenvalue weighted by atomic mass is 10.1. The van der Waals surface area contributed by atoms with Gasteiger partial charge in [-0.1, -0.05) is 26.8 Å². The molecule has 1 heterocycles. The van der Waals surface area contributed by atoms with Gasteiger partial charge in [-0.15, -0.1) is 0 Å². The monoisotopic (exact) mass is 343 g/mol. The Morgan fingerprint density at radius 1 is 1.20 bits per heavy atom. The molecule has 0 spiro atoms. The number of aromatic nitrogens is 1. The smallest absolute Gasteiger partial charge is 0.121 e. The number of nitrogens with one attached hydrogen (secondary N) is 1. The van der Waals surface area contributed by atoms with Gasteiger partial charge in [0.1, 0.15) is 5.75 Å². The van der Waals surface area contributed by atoms with Crippen molar-refractivity contribution in [2.24, 2.45) is 5.92 Å². The average molecular weight is 344 g/mol. The second-order valence-corrected chi connectivity index (χ2v) is 7.15. The number of fused-ring (bicyclic) bond motifs is 1. The van der Waals surface area contributed by atoms with Gasteiger partial charge in [0.05, 0.1) is 18.3 Å². The van der Waals surface area contributed by atoms with E-state index in [1.165, 1.54) is 12.8 Å². The topological polar surface area (TPSA) is 37.4 Å². The maximum absolute atomic E-state index is 5.43. The highest BCUT2D eigenvalue weighted by Crippen LogP contribution is 2.27. The molecule has 25 heavy (non-hydrogen) atoms. The summed E-state index contributed by atoms with van der Waals surface area (Å²) in [6, 6.07) is 8.71. The molecule has 2 aromatic rings. The largest absolute Gasteiger partial charge is 0.497 e. The van der Waals surface area contributed by atoms with Crippen LogP contribution < -0.4 is 10.1 Å². The molecule has 4 heteroatoms. The molecular weight excluding hydrogens is 310 g/mol. The third-order valence-electron chi connectivity index (χ3n) is 4.84. The molecule has 0 bridgehead atoms. The van der Waals surface area contributed by atoms with E-state index >= 15 is 0 Å². The van der Waals surface area contributed by atoms with Crippen molar-refractivity contribution in [3.05, 3.63) is 30.5 Å². The summed E-state index contributed by atoms with van der Waals surface area (Å²) < 4.78 is 5.43. The molecule has 0 saturated carbocycles. The van der Waals surface area contributed by atoms with Gasteiger partial charge in [0.25, 0.3) is 0 Å². The van der Waals surface area contributed by atoms with Gasteiger partial charge in [-0.25, -0.2) is 0 Å². The summed E-state index contributed by atoms with van der Waals surface area (Å²) in [5.41, 5.74) is 2.04. The molecule has 0 fully saturated rings. The van der Waals surface area contributed by atoms with Crippen molar-refractivity contribution in [1.82, 2.24) is 9.88 Å². The minimum absolute atomic E-state index is 0.612. The first-order chi connectivity index (χ1) is 12.0. The van der Waals surface area contributed by atoms with E-state index in [2.05, 4.69) is 49.0 Å². The quantitative estimate of drug-likeness (QED) is 0.672. The summed E-state index contributed by atoms with van der Waals surface area (Å²) in [7, 11) is 1.71. The molecule has 1 aromatic carbocycles. The van der Waals surface area contributed by atoms with E-state index < -0.39 is 0 Å². The van der Waals surface area contributed by atoms with Gasteiger partial charge in [0.2, 0.25) is 0 Å². The van der Waals surface area contributed by atoms with E-state index in [1.54, 1.807) is 7.11 Å². The highest BCUT2D eigenvalue weighted by molar-refractivity contribution is 5.91. The number of hydrogen-bond donors (Lipinski definition) is 1. The number of methoxy groups -OCH3 is 1. The van der Waals surface area contributed by atoms with E-state index in [1.807, 2.05) is 24.4 Å². The zero-order chi connectivity index (χ0) is 18.2. The summed E-state index contributed by atoms with van der Waals surface area (Å²) in [6.45, 7) is 12.3. The minimum atomic E-state index is 0.612. The van der Waals surface area contributed by atoms with Crippen molar-refractivity contribution < 1.29 is 4.74 Å². The standard InChI is InChI=1S/C21H33N3O/c1-6-17(4)24(12-9-16(2)3)13-11-22-20-15-19(25-5)14-18-8-7-10-23-21(18)20/h7-8,10,14-17,22H,6,9,11-13H2,1-5H3/t17-/m0/s1. The van der Waals surface area contributed by atoms with Crippen molar-refractivity contribution in [3.8, 4) is 5.75 Å². The molecule has 0 aliphatic rings. The van der Waals surface area contributed by atoms with Crippen molar-refractivity contribution >= 4 is 16.6 Å². The van der Waals surface area contributed by atoms with Crippen LogP contribution in [0.3, 0.4) is 0 Å². The number of hydrogen-bond acceptors (Lipinski definition) is 4. The van der Waals surface area contributed by atoms with Crippen molar-refractivity contribution in [3.63, 3.8) is 0 Å². The zero-order valence-electron chi connectivity index (χ0n) is 16.4. The van der Waals surface area contributed by atoms with E-state index in [0.717, 1.165) is 47.9 Å². The van der Waals surface area contributed by atoms with Gasteiger partial charge in [-0.2, -0.15) is 0 Å². The van der Waals surface area contributed by atoms with E-state index in [-0.39, 0.29) is 0 Å². The Balaban J connectivity index is 2.05. The average Bonchev–Trinajstić information content (AvgIpc) is 2.63. The normalized spacial score (nSPS) is 12.8. The molecule has 0 amide bonds. The zero-order valence-corrected chi connectivity index (χ0v) is 16.4. The Morgan fingerprint density at radius 2 is 2.00 bits per heavy atom. The van der Waals surface area contributed by atoms with Crippen molar-refractivity contribution in [2.45, 2.75) is 46.6 Å². The summed E-state index contributed by atoms with van der Waals surface area (Å²) >= 11 is 0. The summed E-state index contributed by atoms with van der Waals surface area (Å²) in [6.07, 6.45) is 4.27. The molecule has 1 atom stereocenters. The Labute approximate surface area is 152 Å². The van der Waals surface area contributed by atoms with Crippen molar-refractivity contribution in [2.75, 3.05) is 32.1 Å². The van der Waals surface area contributed by atoms with Gasteiger partial charge in [0.15, 0.2) is 0 Å². The Bertz CT molecular complexity index is 657. The SMILES string of the molecule is CC[C@H](C)N(CCNc1cc(OC)cc2cccnc12)CCC(C)C. The number of anilines is 1. The fraction of sp³-hybridized carbons (Fsp3) is 0.571. The lowest BCUT2D eigenvalue weighted by molar-refractivity contribution is 0.200. The Morgan fingerprint density at radius 3 is 2.68 bits per heavy atom. The van der Waals surface area contributed by atoms with Crippen LogP contribution in [0, 0.1) is 5.92 Å². The molecule has 0 aliphatic carbocycles. The number of pyridine rings is 1. The first-order valence-corrected chi connectivity index (χ1v) is 9.45. The minimum Gasteiger partial charge on any atom is -0.497 e. The number of ether oxygens (including phenoxy) is 1. The fourth-order valence-corrected chi connectivity index (χ4v) is 2.99. The predicted molar refractivity (Wildman–Crippen MR) is 108 cm³/mol. The maximum Gasteiger partial charge on any atom is 0.121 e. The van der Waals surface area contributed by atoms with Crippen LogP contribution in [0.2, 0.25) is 0 Å². The first-order valence-electron chi connectivity index (χ1n) is 9.45. The summed E-state index contributed by atoms with van der Waals surface area (Å²) in [5.74, 6) is 1.60. The molecule has 1 aromatic heterocycles. The predicted octanol–water partition coefficient (Wildman–Crippen LogP) is 4.80. The number of rotatable bonds is 10. The Kier molecular flexibility index (Phi) is 7.51. The second-order valence-electron chi connectivity index (χ2n) is 7.15. The van der Waals surface area contributed by atoms with Crippen LogP contribution >= 0.6 is 0 Å². The molecule has 1 N–H and O–H groups in total. The van der Waals surface area contributed by atoms with Crippen LogP contribution in [0.1, 0.15) is 40.5 Å². The molecule has 0 aliphatic heterocycles. The van der Waals surface area contributed by atoms with Gasteiger partial charge < -0.3 is 10.1 Å². The highest BCUT2D eigenvalue weighted by Gasteiger charge is 2.13. The number of benzene rings is 1. The third-order valence-corrected chi connectivity index (χ3v) is 4.84. The van der Waals surface area contributed by atoms with E-state index in [9.17, 15) is 0 Å². The lowest BCUT2D eigenvalue weighted by Crippen LogP contribution is -2.37. The molecule has 0 radical (unpaired) electrons. The summed E-state index contributed by atoms with van der Waals surface area (Å²) in [4.78, 5) is 7.12. The molecule has 4 nitrogen and oxygen atoms in total. The molecular formula is C21H33N3O. The van der Waals surface area contributed by atoms with E-state index in [0.29, 0.717) is 6.04 Å². The van der Waals surface area contributed by atoms with Crippen LogP contribution in [-0.2, 0) is 0 Å². The van der Waals surface area contributed by atoms with Gasteiger partial charge >= 0.3 is 0 Å². The second kappa shape index (κ2) is 9.62. The molecule has 0 saturated heterocycles. The Hall–Kier alpha value is -1.81. The van der Waals surface area contributed by atoms with Gasteiger partial charge in [-0.05, 0) is 44.4 Å². The van der Waals surface area contributed by atoms with E-state index in [4.69, 9.17) is 4.74 Å². The number of nitrogens with zero attached hydrogens (tertiary/aromatic N) is 2. The van der Waals surface area contributed by atoms with Gasteiger partial charge in [-0.3, -0.25) is 9.88 Å². The van der Waals surface area contributed by atoms with Crippen LogP contribution in [0.25, 0.3) is 10.9 Å². The molecule has 2 rings (SSSR count). The third kappa shape index (κ3) is 5.60. The lowest BCUT2D eigenvalue weighted by Gasteiger charge is -2.29. The van der Waals surface area contributed by atoms with Crippen LogP contribution in [0.5, 0.6) is 5.75 Å². The maximum atomic E-state index is 5.43. The van der Waals surface area contributed by atoms with Gasteiger partial charge in [0, 0.05) is 36.8 Å². The summed E-state index contributed by atoms with van der Waals surface area (Å²) in [5, 5.41) is 4.68.